The van der Waals surface area contributed by atoms with Crippen LogP contribution < -0.4 is 10.0 Å². The number of hydrogen-bond donors (Lipinski definition) is 2. The summed E-state index contributed by atoms with van der Waals surface area (Å²) in [7, 11) is -3.77. The van der Waals surface area contributed by atoms with Gasteiger partial charge in [0.05, 0.1) is 9.82 Å². The van der Waals surface area contributed by atoms with Crippen LogP contribution in [0.5, 0.6) is 0 Å². The monoisotopic (exact) mass is 327 g/mol. The minimum Gasteiger partial charge on any atom is -0.316 e. The van der Waals surface area contributed by atoms with Gasteiger partial charge in [-0.25, -0.2) is 13.1 Å². The summed E-state index contributed by atoms with van der Waals surface area (Å²) in [6.07, 6.45) is 1.95. The van der Waals surface area contributed by atoms with Gasteiger partial charge in [0.1, 0.15) is 0 Å². The predicted molar refractivity (Wildman–Crippen MR) is 83.2 cm³/mol. The molecule has 1 aromatic rings. The van der Waals surface area contributed by atoms with E-state index in [1.807, 2.05) is 6.92 Å². The molecule has 0 amide bonds. The fraction of sp³-hybridized carbons (Fsp3) is 0.571. The van der Waals surface area contributed by atoms with Crippen molar-refractivity contribution < 1.29 is 13.3 Å². The first-order valence-corrected chi connectivity index (χ1v) is 8.67. The average Bonchev–Trinajstić information content (AvgIpc) is 2.46. The van der Waals surface area contributed by atoms with E-state index in [9.17, 15) is 18.5 Å². The lowest BCUT2D eigenvalue weighted by Crippen LogP contribution is -2.45. The maximum Gasteiger partial charge on any atom is 0.270 e. The minimum atomic E-state index is -3.77. The van der Waals surface area contributed by atoms with Crippen molar-refractivity contribution in [2.24, 2.45) is 5.41 Å². The largest absolute Gasteiger partial charge is 0.316 e. The lowest BCUT2D eigenvalue weighted by molar-refractivity contribution is -0.385. The molecular formula is C14H21N3O4S. The summed E-state index contributed by atoms with van der Waals surface area (Å²) < 4.78 is 27.5. The van der Waals surface area contributed by atoms with Gasteiger partial charge in [-0.2, -0.15) is 0 Å². The number of benzene rings is 1. The minimum absolute atomic E-state index is 0.0333. The number of aryl methyl sites for hydroxylation is 1. The van der Waals surface area contributed by atoms with Crippen LogP contribution in [0.15, 0.2) is 23.1 Å². The van der Waals surface area contributed by atoms with Gasteiger partial charge in [0.15, 0.2) is 0 Å². The molecule has 1 aliphatic heterocycles. The third kappa shape index (κ3) is 3.82. The summed E-state index contributed by atoms with van der Waals surface area (Å²) in [5.74, 6) is 0. The summed E-state index contributed by atoms with van der Waals surface area (Å²) in [6.45, 7) is 5.67. The number of non-ortho nitro benzene ring substituents is 1. The van der Waals surface area contributed by atoms with E-state index < -0.39 is 14.9 Å². The third-order valence-electron chi connectivity index (χ3n) is 4.05. The number of hydrogen-bond acceptors (Lipinski definition) is 5. The molecule has 122 valence electrons. The van der Waals surface area contributed by atoms with Crippen LogP contribution in [0, 0.1) is 22.5 Å². The molecule has 0 saturated carbocycles. The Balaban J connectivity index is 2.19. The van der Waals surface area contributed by atoms with E-state index in [0.29, 0.717) is 12.1 Å². The Morgan fingerprint density at radius 1 is 1.45 bits per heavy atom. The summed E-state index contributed by atoms with van der Waals surface area (Å²) in [5.41, 5.74) is 0.126. The summed E-state index contributed by atoms with van der Waals surface area (Å²) in [5, 5.41) is 14.1. The van der Waals surface area contributed by atoms with E-state index in [0.717, 1.165) is 32.0 Å². The molecule has 8 heteroatoms. The molecule has 0 aromatic heterocycles. The normalized spacial score (nSPS) is 22.5. The van der Waals surface area contributed by atoms with Crippen molar-refractivity contribution in [2.75, 3.05) is 19.6 Å². The molecule has 1 aromatic carbocycles. The van der Waals surface area contributed by atoms with Gasteiger partial charge in [0.25, 0.3) is 5.69 Å². The van der Waals surface area contributed by atoms with Gasteiger partial charge in [-0.15, -0.1) is 0 Å². The molecule has 0 spiro atoms. The number of piperidine rings is 1. The van der Waals surface area contributed by atoms with Crippen LogP contribution in [-0.2, 0) is 10.0 Å². The van der Waals surface area contributed by atoms with Crippen LogP contribution >= 0.6 is 0 Å². The van der Waals surface area contributed by atoms with Gasteiger partial charge in [-0.05, 0) is 37.3 Å². The predicted octanol–water partition coefficient (Wildman–Crippen LogP) is 1.57. The van der Waals surface area contributed by atoms with Gasteiger partial charge in [0, 0.05) is 25.2 Å². The Bertz CT molecular complexity index is 667. The lowest BCUT2D eigenvalue weighted by atomic mass is 9.83. The summed E-state index contributed by atoms with van der Waals surface area (Å²) in [6, 6.07) is 3.87. The summed E-state index contributed by atoms with van der Waals surface area (Å²) >= 11 is 0. The molecule has 1 unspecified atom stereocenters. The first-order chi connectivity index (χ1) is 10.2. The van der Waals surface area contributed by atoms with Crippen molar-refractivity contribution in [2.45, 2.75) is 31.6 Å². The molecule has 7 nitrogen and oxygen atoms in total. The fourth-order valence-electron chi connectivity index (χ4n) is 2.61. The molecule has 1 atom stereocenters. The standard InChI is InChI=1S/C14H21N3O4S/c1-11-4-5-12(17(18)19)8-13(11)22(20,21)16-10-14(2)6-3-7-15-9-14/h4-5,8,15-16H,3,6-7,9-10H2,1-2H3. The van der Waals surface area contributed by atoms with Crippen LogP contribution in [0.3, 0.4) is 0 Å². The third-order valence-corrected chi connectivity index (χ3v) is 5.59. The quantitative estimate of drug-likeness (QED) is 0.631. The topological polar surface area (TPSA) is 101 Å². The second kappa shape index (κ2) is 6.31. The fourth-order valence-corrected chi connectivity index (χ4v) is 4.07. The molecule has 0 bridgehead atoms. The van der Waals surface area contributed by atoms with E-state index in [-0.39, 0.29) is 16.0 Å². The Labute approximate surface area is 130 Å². The number of nitro benzene ring substituents is 1. The number of nitro groups is 1. The molecule has 2 rings (SSSR count). The molecule has 1 fully saturated rings. The summed E-state index contributed by atoms with van der Waals surface area (Å²) in [4.78, 5) is 10.2. The highest BCUT2D eigenvalue weighted by atomic mass is 32.2. The first-order valence-electron chi connectivity index (χ1n) is 7.19. The van der Waals surface area contributed by atoms with Crippen LogP contribution in [0.25, 0.3) is 0 Å². The van der Waals surface area contributed by atoms with Gasteiger partial charge in [0.2, 0.25) is 10.0 Å². The van der Waals surface area contributed by atoms with Crippen molar-refractivity contribution in [1.82, 2.24) is 10.0 Å². The van der Waals surface area contributed by atoms with Crippen molar-refractivity contribution in [3.05, 3.63) is 33.9 Å². The van der Waals surface area contributed by atoms with E-state index in [1.54, 1.807) is 6.92 Å². The number of nitrogens with one attached hydrogen (secondary N) is 2. The Kier molecular flexibility index (Phi) is 4.84. The highest BCUT2D eigenvalue weighted by molar-refractivity contribution is 7.89. The highest BCUT2D eigenvalue weighted by Crippen LogP contribution is 2.26. The van der Waals surface area contributed by atoms with Gasteiger partial charge >= 0.3 is 0 Å². The number of nitrogens with zero attached hydrogens (tertiary/aromatic N) is 1. The Morgan fingerprint density at radius 3 is 2.77 bits per heavy atom. The molecule has 1 aliphatic rings. The van der Waals surface area contributed by atoms with E-state index >= 15 is 0 Å². The molecule has 0 radical (unpaired) electrons. The molecule has 2 N–H and O–H groups in total. The van der Waals surface area contributed by atoms with Crippen molar-refractivity contribution in [3.63, 3.8) is 0 Å². The van der Waals surface area contributed by atoms with Crippen LogP contribution in [0.1, 0.15) is 25.3 Å². The van der Waals surface area contributed by atoms with Gasteiger partial charge in [-0.1, -0.05) is 13.0 Å². The molecule has 1 saturated heterocycles. The number of rotatable bonds is 5. The van der Waals surface area contributed by atoms with E-state index in [4.69, 9.17) is 0 Å². The van der Waals surface area contributed by atoms with Crippen molar-refractivity contribution in [1.29, 1.82) is 0 Å². The number of sulfonamides is 1. The van der Waals surface area contributed by atoms with E-state index in [1.165, 1.54) is 12.1 Å². The second-order valence-corrected chi connectivity index (χ2v) is 7.86. The lowest BCUT2D eigenvalue weighted by Gasteiger charge is -2.34. The maximum absolute atomic E-state index is 12.5. The van der Waals surface area contributed by atoms with Crippen LogP contribution in [0.4, 0.5) is 5.69 Å². The molecule has 0 aliphatic carbocycles. The SMILES string of the molecule is Cc1ccc([N+](=O)[O-])cc1S(=O)(=O)NCC1(C)CCCNC1. The maximum atomic E-state index is 12.5. The van der Waals surface area contributed by atoms with Crippen LogP contribution in [-0.4, -0.2) is 33.0 Å². The Hall–Kier alpha value is -1.51. The molecule has 22 heavy (non-hydrogen) atoms. The zero-order chi connectivity index (χ0) is 16.4. The molecule has 1 heterocycles. The first kappa shape index (κ1) is 16.9. The second-order valence-electron chi connectivity index (χ2n) is 6.12. The average molecular weight is 327 g/mol. The van der Waals surface area contributed by atoms with E-state index in [2.05, 4.69) is 10.0 Å². The van der Waals surface area contributed by atoms with Gasteiger partial charge in [-0.3, -0.25) is 10.1 Å². The highest BCUT2D eigenvalue weighted by Gasteiger charge is 2.29. The van der Waals surface area contributed by atoms with Crippen molar-refractivity contribution in [3.8, 4) is 0 Å². The Morgan fingerprint density at radius 2 is 2.18 bits per heavy atom. The smallest absolute Gasteiger partial charge is 0.270 e. The van der Waals surface area contributed by atoms with Crippen molar-refractivity contribution >= 4 is 15.7 Å². The molecular weight excluding hydrogens is 306 g/mol. The van der Waals surface area contributed by atoms with Crippen LogP contribution in [0.2, 0.25) is 0 Å². The zero-order valence-electron chi connectivity index (χ0n) is 12.8. The van der Waals surface area contributed by atoms with Gasteiger partial charge < -0.3 is 5.32 Å². The zero-order valence-corrected chi connectivity index (χ0v) is 13.6.